The van der Waals surface area contributed by atoms with Crippen molar-refractivity contribution in [2.75, 3.05) is 30.7 Å². The van der Waals surface area contributed by atoms with Gasteiger partial charge in [-0.3, -0.25) is 9.69 Å². The van der Waals surface area contributed by atoms with Gasteiger partial charge in [0, 0.05) is 11.6 Å². The summed E-state index contributed by atoms with van der Waals surface area (Å²) in [5.41, 5.74) is 6.82. The van der Waals surface area contributed by atoms with E-state index in [0.717, 1.165) is 19.4 Å². The quantitative estimate of drug-likeness (QED) is 0.644. The average Bonchev–Trinajstić information content (AvgIpc) is 2.45. The van der Waals surface area contributed by atoms with E-state index in [1.807, 2.05) is 11.8 Å². The van der Waals surface area contributed by atoms with Crippen LogP contribution in [0.15, 0.2) is 18.2 Å². The third kappa shape index (κ3) is 5.53. The number of aliphatic hydroxyl groups is 1. The number of nitrogens with zero attached hydrogens (tertiary/aromatic N) is 1. The van der Waals surface area contributed by atoms with E-state index in [-0.39, 0.29) is 18.6 Å². The van der Waals surface area contributed by atoms with Gasteiger partial charge in [0.15, 0.2) is 0 Å². The molecule has 1 atom stereocenters. The lowest BCUT2D eigenvalue weighted by molar-refractivity contribution is -0.120. The first-order valence-electron chi connectivity index (χ1n) is 7.20. The van der Waals surface area contributed by atoms with Gasteiger partial charge in [0.2, 0.25) is 5.91 Å². The summed E-state index contributed by atoms with van der Waals surface area (Å²) in [4.78, 5) is 14.3. The fraction of sp³-hybridized carbons (Fsp3) is 0.533. The molecule has 0 heterocycles. The minimum atomic E-state index is -0.334. The molecule has 0 bridgehead atoms. The first-order valence-corrected chi connectivity index (χ1v) is 7.58. The molecule has 0 spiro atoms. The number of benzene rings is 1. The predicted molar refractivity (Wildman–Crippen MR) is 87.5 cm³/mol. The Kier molecular flexibility index (Phi) is 7.50. The fourth-order valence-corrected chi connectivity index (χ4v) is 2.22. The lowest BCUT2D eigenvalue weighted by atomic mass is 10.2. The van der Waals surface area contributed by atoms with Gasteiger partial charge in [0.1, 0.15) is 0 Å². The molecule has 21 heavy (non-hydrogen) atoms. The maximum Gasteiger partial charge on any atom is 0.241 e. The number of unbranched alkanes of at least 4 members (excludes halogenated alkanes) is 1. The summed E-state index contributed by atoms with van der Waals surface area (Å²) in [6, 6.07) is 4.63. The lowest BCUT2D eigenvalue weighted by Gasteiger charge is -2.27. The number of nitrogens with two attached hydrogens (primary N) is 1. The molecule has 0 saturated carbocycles. The molecule has 0 aliphatic heterocycles. The average molecular weight is 314 g/mol. The first-order chi connectivity index (χ1) is 9.99. The molecule has 1 aromatic rings. The van der Waals surface area contributed by atoms with Gasteiger partial charge in [0.05, 0.1) is 24.0 Å². The SMILES string of the molecule is CCCCN(CCO)C(C)C(=O)Nc1ccc(Cl)cc1N. The van der Waals surface area contributed by atoms with Crippen LogP contribution in [-0.4, -0.2) is 41.7 Å². The number of carbonyl (C=O) groups excluding carboxylic acids is 1. The molecule has 0 fully saturated rings. The second-order valence-electron chi connectivity index (χ2n) is 5.01. The minimum Gasteiger partial charge on any atom is -0.397 e. The van der Waals surface area contributed by atoms with Crippen LogP contribution in [0, 0.1) is 0 Å². The van der Waals surface area contributed by atoms with Gasteiger partial charge in [-0.25, -0.2) is 0 Å². The van der Waals surface area contributed by atoms with Crippen molar-refractivity contribution in [1.82, 2.24) is 4.90 Å². The minimum absolute atomic E-state index is 0.0322. The van der Waals surface area contributed by atoms with Crippen molar-refractivity contribution in [3.05, 3.63) is 23.2 Å². The molecule has 1 rings (SSSR count). The second kappa shape index (κ2) is 8.87. The summed E-state index contributed by atoms with van der Waals surface area (Å²) in [6.07, 6.45) is 2.03. The molecule has 4 N–H and O–H groups in total. The molecule has 0 aliphatic carbocycles. The highest BCUT2D eigenvalue weighted by Gasteiger charge is 2.21. The molecule has 6 heteroatoms. The highest BCUT2D eigenvalue weighted by molar-refractivity contribution is 6.31. The Morgan fingerprint density at radius 2 is 2.19 bits per heavy atom. The monoisotopic (exact) mass is 313 g/mol. The first kappa shape index (κ1) is 17.8. The van der Waals surface area contributed by atoms with E-state index in [1.165, 1.54) is 0 Å². The molecule has 0 saturated heterocycles. The molecular weight excluding hydrogens is 290 g/mol. The number of amides is 1. The summed E-state index contributed by atoms with van der Waals surface area (Å²) >= 11 is 5.84. The van der Waals surface area contributed by atoms with Crippen molar-refractivity contribution in [2.45, 2.75) is 32.7 Å². The van der Waals surface area contributed by atoms with Crippen LogP contribution in [-0.2, 0) is 4.79 Å². The molecule has 0 radical (unpaired) electrons. The smallest absolute Gasteiger partial charge is 0.241 e. The predicted octanol–water partition coefficient (Wildman–Crippen LogP) is 2.34. The third-order valence-electron chi connectivity index (χ3n) is 3.38. The lowest BCUT2D eigenvalue weighted by Crippen LogP contribution is -2.44. The van der Waals surface area contributed by atoms with Crippen LogP contribution in [0.3, 0.4) is 0 Å². The van der Waals surface area contributed by atoms with Gasteiger partial charge < -0.3 is 16.2 Å². The van der Waals surface area contributed by atoms with Crippen LogP contribution in [0.4, 0.5) is 11.4 Å². The molecule has 1 aromatic carbocycles. The van der Waals surface area contributed by atoms with Crippen LogP contribution in [0.1, 0.15) is 26.7 Å². The van der Waals surface area contributed by atoms with E-state index in [4.69, 9.17) is 22.4 Å². The maximum atomic E-state index is 12.3. The summed E-state index contributed by atoms with van der Waals surface area (Å²) in [5, 5.41) is 12.5. The Labute approximate surface area is 131 Å². The summed E-state index contributed by atoms with van der Waals surface area (Å²) < 4.78 is 0. The number of hydrogen-bond acceptors (Lipinski definition) is 4. The van der Waals surface area contributed by atoms with Crippen molar-refractivity contribution in [2.24, 2.45) is 0 Å². The van der Waals surface area contributed by atoms with Gasteiger partial charge in [-0.1, -0.05) is 24.9 Å². The second-order valence-corrected chi connectivity index (χ2v) is 5.45. The number of rotatable bonds is 8. The molecule has 5 nitrogen and oxygen atoms in total. The zero-order chi connectivity index (χ0) is 15.8. The van der Waals surface area contributed by atoms with Crippen LogP contribution in [0.25, 0.3) is 0 Å². The number of aliphatic hydroxyl groups excluding tert-OH is 1. The Morgan fingerprint density at radius 1 is 1.48 bits per heavy atom. The topological polar surface area (TPSA) is 78.6 Å². The molecular formula is C15H24ClN3O2. The van der Waals surface area contributed by atoms with Crippen molar-refractivity contribution >= 4 is 28.9 Å². The number of nitrogen functional groups attached to an aromatic ring is 1. The third-order valence-corrected chi connectivity index (χ3v) is 3.62. The van der Waals surface area contributed by atoms with Gasteiger partial charge in [-0.2, -0.15) is 0 Å². The summed E-state index contributed by atoms with van der Waals surface area (Å²) in [7, 11) is 0. The number of halogens is 1. The van der Waals surface area contributed by atoms with Crippen molar-refractivity contribution in [3.8, 4) is 0 Å². The zero-order valence-electron chi connectivity index (χ0n) is 12.6. The van der Waals surface area contributed by atoms with Crippen molar-refractivity contribution < 1.29 is 9.90 Å². The number of anilines is 2. The van der Waals surface area contributed by atoms with Crippen LogP contribution < -0.4 is 11.1 Å². The molecule has 0 aromatic heterocycles. The number of nitrogens with one attached hydrogen (secondary N) is 1. The van der Waals surface area contributed by atoms with Crippen molar-refractivity contribution in [1.29, 1.82) is 0 Å². The standard InChI is InChI=1S/C15H24ClN3O2/c1-3-4-7-19(8-9-20)11(2)15(21)18-14-6-5-12(16)10-13(14)17/h5-6,10-11,20H,3-4,7-9,17H2,1-2H3,(H,18,21). The van der Waals surface area contributed by atoms with Gasteiger partial charge >= 0.3 is 0 Å². The largest absolute Gasteiger partial charge is 0.397 e. The van der Waals surface area contributed by atoms with Gasteiger partial charge in [-0.15, -0.1) is 0 Å². The Morgan fingerprint density at radius 3 is 2.76 bits per heavy atom. The number of carbonyl (C=O) groups is 1. The highest BCUT2D eigenvalue weighted by atomic mass is 35.5. The van der Waals surface area contributed by atoms with Crippen LogP contribution >= 0.6 is 11.6 Å². The summed E-state index contributed by atoms with van der Waals surface area (Å²) in [6.45, 7) is 5.21. The molecule has 1 unspecified atom stereocenters. The van der Waals surface area contributed by atoms with E-state index >= 15 is 0 Å². The van der Waals surface area contributed by atoms with Crippen LogP contribution in [0.2, 0.25) is 5.02 Å². The van der Waals surface area contributed by atoms with E-state index in [2.05, 4.69) is 12.2 Å². The van der Waals surface area contributed by atoms with E-state index in [9.17, 15) is 4.79 Å². The van der Waals surface area contributed by atoms with E-state index in [1.54, 1.807) is 18.2 Å². The molecule has 118 valence electrons. The Bertz CT molecular complexity index is 468. The van der Waals surface area contributed by atoms with Gasteiger partial charge in [0.25, 0.3) is 0 Å². The normalized spacial score (nSPS) is 12.4. The highest BCUT2D eigenvalue weighted by Crippen LogP contribution is 2.23. The van der Waals surface area contributed by atoms with Crippen LogP contribution in [0.5, 0.6) is 0 Å². The Balaban J connectivity index is 2.71. The number of hydrogen-bond donors (Lipinski definition) is 3. The molecule has 0 aliphatic rings. The molecule has 1 amide bonds. The Hall–Kier alpha value is -1.30. The summed E-state index contributed by atoms with van der Waals surface area (Å²) in [5.74, 6) is -0.145. The van der Waals surface area contributed by atoms with Crippen molar-refractivity contribution in [3.63, 3.8) is 0 Å². The van der Waals surface area contributed by atoms with E-state index < -0.39 is 0 Å². The fourth-order valence-electron chi connectivity index (χ4n) is 2.04. The van der Waals surface area contributed by atoms with Gasteiger partial charge in [-0.05, 0) is 38.1 Å². The maximum absolute atomic E-state index is 12.3. The zero-order valence-corrected chi connectivity index (χ0v) is 13.4. The van der Waals surface area contributed by atoms with E-state index in [0.29, 0.717) is 22.9 Å².